The highest BCUT2D eigenvalue weighted by molar-refractivity contribution is 7.91. The van der Waals surface area contributed by atoms with Gasteiger partial charge in [-0.2, -0.15) is 4.98 Å². The number of sulfone groups is 1. The van der Waals surface area contributed by atoms with E-state index in [1.165, 1.54) is 30.5 Å². The molecule has 8 heteroatoms. The van der Waals surface area contributed by atoms with Gasteiger partial charge in [-0.15, -0.1) is 0 Å². The molecular formula is C19H13ClN2O4S. The lowest BCUT2D eigenvalue weighted by Gasteiger charge is -2.06. The molecule has 136 valence electrons. The molecule has 1 N–H and O–H groups in total. The molecular weight excluding hydrogens is 388 g/mol. The van der Waals surface area contributed by atoms with E-state index in [1.807, 2.05) is 18.2 Å². The van der Waals surface area contributed by atoms with E-state index in [4.69, 9.17) is 20.4 Å². The number of rotatable bonds is 5. The van der Waals surface area contributed by atoms with Crippen LogP contribution in [0.5, 0.6) is 0 Å². The topological polar surface area (TPSA) is 85.3 Å². The van der Waals surface area contributed by atoms with Gasteiger partial charge in [0.15, 0.2) is 5.76 Å². The van der Waals surface area contributed by atoms with Crippen LogP contribution in [0, 0.1) is 0 Å². The first kappa shape index (κ1) is 17.4. The van der Waals surface area contributed by atoms with Crippen molar-refractivity contribution in [3.8, 4) is 11.7 Å². The molecule has 0 aliphatic heterocycles. The molecule has 2 aromatic heterocycles. The molecule has 0 atom stereocenters. The van der Waals surface area contributed by atoms with Crippen LogP contribution in [-0.2, 0) is 9.84 Å². The van der Waals surface area contributed by atoms with Crippen LogP contribution >= 0.6 is 11.6 Å². The maximum Gasteiger partial charge on any atom is 0.266 e. The first-order chi connectivity index (χ1) is 13.0. The van der Waals surface area contributed by atoms with Crippen LogP contribution in [0.25, 0.3) is 11.7 Å². The maximum atomic E-state index is 13.1. The minimum absolute atomic E-state index is 0.00236. The Morgan fingerprint density at radius 1 is 0.926 bits per heavy atom. The van der Waals surface area contributed by atoms with Crippen molar-refractivity contribution < 1.29 is 17.3 Å². The molecule has 0 unspecified atom stereocenters. The molecule has 2 aromatic carbocycles. The zero-order chi connectivity index (χ0) is 18.9. The second-order valence-corrected chi connectivity index (χ2v) is 7.88. The van der Waals surface area contributed by atoms with Crippen molar-refractivity contribution in [2.45, 2.75) is 9.92 Å². The Morgan fingerprint density at radius 2 is 1.67 bits per heavy atom. The summed E-state index contributed by atoms with van der Waals surface area (Å²) >= 11 is 5.86. The van der Waals surface area contributed by atoms with Gasteiger partial charge in [0.1, 0.15) is 0 Å². The number of nitrogens with one attached hydrogen (secondary N) is 1. The lowest BCUT2D eigenvalue weighted by atomic mass is 10.3. The summed E-state index contributed by atoms with van der Waals surface area (Å²) < 4.78 is 37.2. The van der Waals surface area contributed by atoms with Crippen LogP contribution in [0.15, 0.2) is 91.7 Å². The van der Waals surface area contributed by atoms with Crippen LogP contribution in [0.2, 0.25) is 5.02 Å². The average molecular weight is 401 g/mol. The van der Waals surface area contributed by atoms with Gasteiger partial charge < -0.3 is 14.2 Å². The van der Waals surface area contributed by atoms with E-state index in [2.05, 4.69) is 10.3 Å². The van der Waals surface area contributed by atoms with E-state index in [1.54, 1.807) is 24.3 Å². The van der Waals surface area contributed by atoms with E-state index in [0.717, 1.165) is 0 Å². The molecule has 4 rings (SSSR count). The van der Waals surface area contributed by atoms with Gasteiger partial charge in [0.2, 0.25) is 20.7 Å². The highest BCUT2D eigenvalue weighted by atomic mass is 35.5. The summed E-state index contributed by atoms with van der Waals surface area (Å²) in [6.07, 6.45) is 1.46. The fraction of sp³-hybridized carbons (Fsp3) is 0. The lowest BCUT2D eigenvalue weighted by Crippen LogP contribution is -2.05. The fourth-order valence-corrected chi connectivity index (χ4v) is 3.83. The van der Waals surface area contributed by atoms with E-state index < -0.39 is 9.84 Å². The van der Waals surface area contributed by atoms with Crippen LogP contribution in [0.3, 0.4) is 0 Å². The third-order valence-corrected chi connectivity index (χ3v) is 5.67. The normalized spacial score (nSPS) is 11.4. The minimum Gasteiger partial charge on any atom is -0.459 e. The number of para-hydroxylation sites is 1. The second kappa shape index (κ2) is 6.94. The predicted molar refractivity (Wildman–Crippen MR) is 101 cm³/mol. The van der Waals surface area contributed by atoms with E-state index in [-0.39, 0.29) is 21.7 Å². The summed E-state index contributed by atoms with van der Waals surface area (Å²) in [4.78, 5) is 4.23. The highest BCUT2D eigenvalue weighted by Crippen LogP contribution is 2.34. The number of hydrogen-bond donors (Lipinski definition) is 1. The first-order valence-corrected chi connectivity index (χ1v) is 9.77. The number of aromatic nitrogens is 1. The Kier molecular flexibility index (Phi) is 4.47. The molecule has 0 amide bonds. The highest BCUT2D eigenvalue weighted by Gasteiger charge is 2.29. The Balaban J connectivity index is 1.83. The Labute approximate surface area is 160 Å². The van der Waals surface area contributed by atoms with E-state index in [9.17, 15) is 8.42 Å². The first-order valence-electron chi connectivity index (χ1n) is 7.91. The van der Waals surface area contributed by atoms with Crippen LogP contribution in [0.1, 0.15) is 0 Å². The molecule has 27 heavy (non-hydrogen) atoms. The van der Waals surface area contributed by atoms with Gasteiger partial charge in [0, 0.05) is 10.7 Å². The van der Waals surface area contributed by atoms with Crippen molar-refractivity contribution in [1.29, 1.82) is 0 Å². The number of nitrogens with zero attached hydrogens (tertiary/aromatic N) is 1. The van der Waals surface area contributed by atoms with Crippen molar-refractivity contribution in [2.75, 3.05) is 5.32 Å². The smallest absolute Gasteiger partial charge is 0.266 e. The molecule has 0 bridgehead atoms. The molecule has 0 saturated heterocycles. The monoisotopic (exact) mass is 400 g/mol. The van der Waals surface area contributed by atoms with Crippen LogP contribution in [0.4, 0.5) is 11.6 Å². The Morgan fingerprint density at radius 3 is 2.33 bits per heavy atom. The van der Waals surface area contributed by atoms with E-state index in [0.29, 0.717) is 16.5 Å². The standard InChI is InChI=1S/C19H13ClN2O4S/c20-13-8-10-15(11-9-13)27(23,24)19-18(21-14-5-2-1-3-6-14)26-17(22-19)16-7-4-12-25-16/h1-12,21H. The molecule has 0 aliphatic rings. The molecule has 0 fully saturated rings. The summed E-state index contributed by atoms with van der Waals surface area (Å²) in [6, 6.07) is 18.2. The molecule has 4 aromatic rings. The maximum absolute atomic E-state index is 13.1. The number of halogens is 1. The number of hydrogen-bond acceptors (Lipinski definition) is 6. The molecule has 2 heterocycles. The number of furan rings is 1. The summed E-state index contributed by atoms with van der Waals surface area (Å²) in [5.41, 5.74) is 0.659. The van der Waals surface area contributed by atoms with Gasteiger partial charge in [-0.05, 0) is 48.5 Å². The molecule has 6 nitrogen and oxygen atoms in total. The van der Waals surface area contributed by atoms with E-state index >= 15 is 0 Å². The molecule has 0 radical (unpaired) electrons. The van der Waals surface area contributed by atoms with Crippen molar-refractivity contribution in [3.63, 3.8) is 0 Å². The van der Waals surface area contributed by atoms with Crippen molar-refractivity contribution in [1.82, 2.24) is 4.98 Å². The van der Waals surface area contributed by atoms with Gasteiger partial charge in [-0.25, -0.2) is 8.42 Å². The Hall–Kier alpha value is -3.03. The van der Waals surface area contributed by atoms with Gasteiger partial charge in [0.25, 0.3) is 5.89 Å². The van der Waals surface area contributed by atoms with Crippen LogP contribution in [-0.4, -0.2) is 13.4 Å². The quantitative estimate of drug-likeness (QED) is 0.497. The zero-order valence-electron chi connectivity index (χ0n) is 13.8. The average Bonchev–Trinajstić information content (AvgIpc) is 3.33. The summed E-state index contributed by atoms with van der Waals surface area (Å²) in [6.45, 7) is 0. The van der Waals surface area contributed by atoms with Gasteiger partial charge in [-0.1, -0.05) is 29.8 Å². The molecule has 0 aliphatic carbocycles. The lowest BCUT2D eigenvalue weighted by molar-refractivity contribution is 0.524. The fourth-order valence-electron chi connectivity index (χ4n) is 2.45. The molecule has 0 spiro atoms. The third-order valence-electron chi connectivity index (χ3n) is 3.74. The summed E-state index contributed by atoms with van der Waals surface area (Å²) in [5, 5.41) is 3.17. The summed E-state index contributed by atoms with van der Waals surface area (Å²) in [5.74, 6) is 0.386. The second-order valence-electron chi connectivity index (χ2n) is 5.58. The molecule has 0 saturated carbocycles. The van der Waals surface area contributed by atoms with Gasteiger partial charge >= 0.3 is 0 Å². The van der Waals surface area contributed by atoms with Gasteiger partial charge in [-0.3, -0.25) is 0 Å². The van der Waals surface area contributed by atoms with Crippen molar-refractivity contribution in [3.05, 3.63) is 78.0 Å². The van der Waals surface area contributed by atoms with Crippen molar-refractivity contribution in [2.24, 2.45) is 0 Å². The number of oxazole rings is 1. The van der Waals surface area contributed by atoms with Crippen LogP contribution < -0.4 is 5.32 Å². The largest absolute Gasteiger partial charge is 0.459 e. The van der Waals surface area contributed by atoms with Gasteiger partial charge in [0.05, 0.1) is 11.2 Å². The zero-order valence-corrected chi connectivity index (χ0v) is 15.4. The predicted octanol–water partition coefficient (Wildman–Crippen LogP) is 5.16. The minimum atomic E-state index is -3.94. The summed E-state index contributed by atoms with van der Waals surface area (Å²) in [7, 11) is -3.94. The number of anilines is 2. The Bertz CT molecular complexity index is 1150. The van der Waals surface area contributed by atoms with Crippen molar-refractivity contribution >= 4 is 33.0 Å². The SMILES string of the molecule is O=S(=O)(c1ccc(Cl)cc1)c1nc(-c2ccco2)oc1Nc1ccccc1. The number of benzene rings is 2. The third kappa shape index (κ3) is 3.47.